The van der Waals surface area contributed by atoms with Crippen LogP contribution in [0.25, 0.3) is 11.1 Å². The molecule has 2 nitrogen and oxygen atoms in total. The van der Waals surface area contributed by atoms with Crippen LogP contribution in [0.2, 0.25) is 0 Å². The Morgan fingerprint density at radius 1 is 1.39 bits per heavy atom. The number of benzene rings is 1. The number of fused-ring (bicyclic) bond motifs is 1. The van der Waals surface area contributed by atoms with E-state index in [0.29, 0.717) is 0 Å². The van der Waals surface area contributed by atoms with Crippen molar-refractivity contribution >= 4 is 11.1 Å². The van der Waals surface area contributed by atoms with Gasteiger partial charge in [-0.25, -0.2) is 0 Å². The molecule has 0 saturated heterocycles. The Morgan fingerprint density at radius 2 is 2.11 bits per heavy atom. The lowest BCUT2D eigenvalue weighted by molar-refractivity contribution is 0.158. The number of aliphatic hydroxyl groups excluding tert-OH is 1. The van der Waals surface area contributed by atoms with Crippen LogP contribution in [-0.4, -0.2) is 17.3 Å². The van der Waals surface area contributed by atoms with Crippen LogP contribution < -0.4 is 4.74 Å². The number of hydrogen-bond acceptors (Lipinski definition) is 2. The Balaban J connectivity index is 2.46. The van der Waals surface area contributed by atoms with Crippen LogP contribution in [0.1, 0.15) is 38.8 Å². The van der Waals surface area contributed by atoms with E-state index in [1.807, 2.05) is 6.92 Å². The highest BCUT2D eigenvalue weighted by Crippen LogP contribution is 2.37. The second kappa shape index (κ2) is 4.62. The topological polar surface area (TPSA) is 29.5 Å². The van der Waals surface area contributed by atoms with Crippen molar-refractivity contribution in [3.63, 3.8) is 0 Å². The molecule has 18 heavy (non-hydrogen) atoms. The fraction of sp³-hybridized carbons (Fsp3) is 0.375. The summed E-state index contributed by atoms with van der Waals surface area (Å²) >= 11 is 0. The molecular weight excluding hydrogens is 224 g/mol. The van der Waals surface area contributed by atoms with Gasteiger partial charge in [0.15, 0.2) is 0 Å². The molecule has 1 aromatic carbocycles. The summed E-state index contributed by atoms with van der Waals surface area (Å²) in [6.45, 7) is 8.28. The molecule has 96 valence electrons. The predicted octanol–water partition coefficient (Wildman–Crippen LogP) is 3.66. The fourth-order valence-corrected chi connectivity index (χ4v) is 2.34. The zero-order valence-corrected chi connectivity index (χ0v) is 11.4. The minimum Gasteiger partial charge on any atom is -0.483 e. The monoisotopic (exact) mass is 244 g/mol. The van der Waals surface area contributed by atoms with Gasteiger partial charge >= 0.3 is 0 Å². The number of aliphatic hydroxyl groups is 1. The van der Waals surface area contributed by atoms with Gasteiger partial charge in [-0.2, -0.15) is 0 Å². The Hall–Kier alpha value is -1.54. The van der Waals surface area contributed by atoms with Gasteiger partial charge in [-0.05, 0) is 56.5 Å². The molecule has 0 bridgehead atoms. The number of hydrogen-bond donors (Lipinski definition) is 1. The second-order valence-corrected chi connectivity index (χ2v) is 5.31. The highest BCUT2D eigenvalue weighted by molar-refractivity contribution is 5.75. The Kier molecular flexibility index (Phi) is 3.31. The molecule has 0 fully saturated rings. The van der Waals surface area contributed by atoms with Crippen LogP contribution in [-0.2, 0) is 0 Å². The zero-order chi connectivity index (χ0) is 13.3. The number of allylic oxidation sites excluding steroid dienone is 2. The van der Waals surface area contributed by atoms with Crippen LogP contribution in [0.5, 0.6) is 5.75 Å². The first kappa shape index (κ1) is 12.9. The van der Waals surface area contributed by atoms with E-state index in [-0.39, 0.29) is 12.2 Å². The summed E-state index contributed by atoms with van der Waals surface area (Å²) in [4.78, 5) is 0. The molecular formula is C16H20O2. The Morgan fingerprint density at radius 3 is 2.78 bits per heavy atom. The molecule has 0 atom stereocenters. The van der Waals surface area contributed by atoms with Gasteiger partial charge in [0.05, 0.1) is 6.61 Å². The normalized spacial score (nSPS) is 17.8. The SMILES string of the molecule is CC(=CCO)c1ccc2c(c1)OC(C)(C)C=C2C. The zero-order valence-electron chi connectivity index (χ0n) is 11.4. The average Bonchev–Trinajstić information content (AvgIpc) is 2.26. The molecule has 0 aromatic heterocycles. The van der Waals surface area contributed by atoms with E-state index in [2.05, 4.69) is 45.0 Å². The maximum absolute atomic E-state index is 8.94. The Bertz CT molecular complexity index is 522. The summed E-state index contributed by atoms with van der Waals surface area (Å²) in [6.07, 6.45) is 3.95. The van der Waals surface area contributed by atoms with Crippen LogP contribution >= 0.6 is 0 Å². The lowest BCUT2D eigenvalue weighted by atomic mass is 9.94. The summed E-state index contributed by atoms with van der Waals surface area (Å²) in [7, 11) is 0. The summed E-state index contributed by atoms with van der Waals surface area (Å²) in [5.74, 6) is 0.920. The van der Waals surface area contributed by atoms with Crippen LogP contribution in [0.4, 0.5) is 0 Å². The van der Waals surface area contributed by atoms with Gasteiger partial charge in [0.25, 0.3) is 0 Å². The van der Waals surface area contributed by atoms with Gasteiger partial charge in [-0.15, -0.1) is 0 Å². The predicted molar refractivity (Wildman–Crippen MR) is 75.5 cm³/mol. The second-order valence-electron chi connectivity index (χ2n) is 5.31. The first-order chi connectivity index (χ1) is 8.43. The van der Waals surface area contributed by atoms with Gasteiger partial charge in [-0.1, -0.05) is 18.2 Å². The smallest absolute Gasteiger partial charge is 0.128 e. The van der Waals surface area contributed by atoms with E-state index in [4.69, 9.17) is 9.84 Å². The molecule has 0 saturated carbocycles. The van der Waals surface area contributed by atoms with Gasteiger partial charge in [-0.3, -0.25) is 0 Å². The largest absolute Gasteiger partial charge is 0.483 e. The third-order valence-electron chi connectivity index (χ3n) is 3.20. The standard InChI is InChI=1S/C16H20O2/c1-11(7-8-17)13-5-6-14-12(2)10-16(3,4)18-15(14)9-13/h5-7,9-10,17H,8H2,1-4H3. The van der Waals surface area contributed by atoms with Crippen molar-refractivity contribution in [2.24, 2.45) is 0 Å². The molecule has 2 rings (SSSR count). The average molecular weight is 244 g/mol. The molecule has 1 heterocycles. The minimum atomic E-state index is -0.260. The third-order valence-corrected chi connectivity index (χ3v) is 3.20. The third kappa shape index (κ3) is 2.49. The molecule has 2 heteroatoms. The van der Waals surface area contributed by atoms with Crippen molar-refractivity contribution < 1.29 is 9.84 Å². The summed E-state index contributed by atoms with van der Waals surface area (Å²) in [5, 5.41) is 8.94. The van der Waals surface area contributed by atoms with Crippen molar-refractivity contribution in [1.82, 2.24) is 0 Å². The molecule has 0 unspecified atom stereocenters. The van der Waals surface area contributed by atoms with Crippen molar-refractivity contribution in [2.45, 2.75) is 33.3 Å². The van der Waals surface area contributed by atoms with E-state index < -0.39 is 0 Å². The highest BCUT2D eigenvalue weighted by atomic mass is 16.5. The maximum Gasteiger partial charge on any atom is 0.128 e. The highest BCUT2D eigenvalue weighted by Gasteiger charge is 2.24. The molecule has 1 aromatic rings. The molecule has 0 amide bonds. The fourth-order valence-electron chi connectivity index (χ4n) is 2.34. The van der Waals surface area contributed by atoms with Gasteiger partial charge in [0.2, 0.25) is 0 Å². The van der Waals surface area contributed by atoms with E-state index in [1.54, 1.807) is 6.08 Å². The summed E-state index contributed by atoms with van der Waals surface area (Å²) < 4.78 is 5.99. The summed E-state index contributed by atoms with van der Waals surface area (Å²) in [6, 6.07) is 6.20. The van der Waals surface area contributed by atoms with Crippen molar-refractivity contribution in [3.8, 4) is 5.75 Å². The van der Waals surface area contributed by atoms with E-state index in [9.17, 15) is 0 Å². The van der Waals surface area contributed by atoms with Gasteiger partial charge in [0, 0.05) is 5.56 Å². The van der Waals surface area contributed by atoms with Crippen LogP contribution in [0.15, 0.2) is 30.4 Å². The lowest BCUT2D eigenvalue weighted by Gasteiger charge is -2.30. The van der Waals surface area contributed by atoms with Crippen molar-refractivity contribution in [2.75, 3.05) is 6.61 Å². The maximum atomic E-state index is 8.94. The summed E-state index contributed by atoms with van der Waals surface area (Å²) in [5.41, 5.74) is 4.29. The molecule has 0 radical (unpaired) electrons. The van der Waals surface area contributed by atoms with Crippen LogP contribution in [0.3, 0.4) is 0 Å². The first-order valence-electron chi connectivity index (χ1n) is 6.24. The molecule has 1 aliphatic heterocycles. The number of rotatable bonds is 2. The first-order valence-corrected chi connectivity index (χ1v) is 6.24. The van der Waals surface area contributed by atoms with Gasteiger partial charge < -0.3 is 9.84 Å². The molecule has 1 aliphatic rings. The number of ether oxygens (including phenoxy) is 1. The van der Waals surface area contributed by atoms with E-state index in [1.165, 1.54) is 5.57 Å². The van der Waals surface area contributed by atoms with Crippen molar-refractivity contribution in [3.05, 3.63) is 41.5 Å². The Labute approximate surface area is 109 Å². The van der Waals surface area contributed by atoms with Crippen molar-refractivity contribution in [1.29, 1.82) is 0 Å². The van der Waals surface area contributed by atoms with Crippen LogP contribution in [0, 0.1) is 0 Å². The van der Waals surface area contributed by atoms with E-state index in [0.717, 1.165) is 22.4 Å². The molecule has 1 N–H and O–H groups in total. The quantitative estimate of drug-likeness (QED) is 0.860. The molecule has 0 aliphatic carbocycles. The van der Waals surface area contributed by atoms with E-state index >= 15 is 0 Å². The minimum absolute atomic E-state index is 0.0637. The van der Waals surface area contributed by atoms with Gasteiger partial charge in [0.1, 0.15) is 11.4 Å². The lowest BCUT2D eigenvalue weighted by Crippen LogP contribution is -2.28. The molecule has 0 spiro atoms.